The van der Waals surface area contributed by atoms with Gasteiger partial charge in [-0.2, -0.15) is 0 Å². The molecule has 7 aliphatic heterocycles. The third-order valence-electron chi connectivity index (χ3n) is 26.4. The van der Waals surface area contributed by atoms with Gasteiger partial charge in [-0.1, -0.05) is 126 Å². The van der Waals surface area contributed by atoms with Crippen LogP contribution in [0.25, 0.3) is 33.4 Å². The van der Waals surface area contributed by atoms with E-state index in [9.17, 15) is 78.0 Å². The Morgan fingerprint density at radius 3 is 1.15 bits per heavy atom. The topological polar surface area (TPSA) is 461 Å². The average Bonchev–Trinajstić information content (AvgIpc) is 1.63. The van der Waals surface area contributed by atoms with Gasteiger partial charge >= 0.3 is 21.4 Å². The molecule has 8 heterocycles. The Morgan fingerprint density at radius 2 is 0.757 bits per heavy atom. The minimum Gasteiger partial charge on any atom is -0.399 e. The van der Waals surface area contributed by atoms with Crippen molar-refractivity contribution in [3.8, 4) is 33.4 Å². The number of nitrogens with two attached hydrogens (primary N) is 3. The Bertz CT molecular complexity index is 7000. The molecular weight excluding hydrogens is 2070 g/mol. The fraction of sp³-hybridized carbons (Fsp3) is 0.276. The van der Waals surface area contributed by atoms with E-state index in [1.165, 1.54) is 53.2 Å². The zero-order valence-electron chi connectivity index (χ0n) is 83.1. The van der Waals surface area contributed by atoms with Crippen molar-refractivity contribution in [1.82, 2.24) is 4.57 Å². The number of carbonyl (C=O) groups excluding carboxylic acids is 5. The summed E-state index contributed by atoms with van der Waals surface area (Å²) in [5, 5.41) is 54.2. The van der Waals surface area contributed by atoms with Gasteiger partial charge in [-0.05, 0) is 310 Å². The number of carbonyl (C=O) groups is 5. The molecule has 0 atom stereocenters. The smallest absolute Gasteiger partial charge is 0.399 e. The summed E-state index contributed by atoms with van der Waals surface area (Å²) < 4.78 is 70.7. The van der Waals surface area contributed by atoms with Gasteiger partial charge in [0.25, 0.3) is 28.3 Å². The van der Waals surface area contributed by atoms with E-state index in [0.717, 1.165) is 133 Å². The van der Waals surface area contributed by atoms with Crippen molar-refractivity contribution in [2.24, 2.45) is 0 Å². The van der Waals surface area contributed by atoms with E-state index in [-0.39, 0.29) is 118 Å². The van der Waals surface area contributed by atoms with Gasteiger partial charge in [0.1, 0.15) is 5.69 Å². The predicted octanol–water partition coefficient (Wildman–Crippen LogP) is 18.9. The Balaban J connectivity index is 0.000000154. The summed E-state index contributed by atoms with van der Waals surface area (Å²) in [7, 11) is -1.39. The number of nitrogen functional groups attached to an aromatic ring is 3. The number of ketones is 1. The van der Waals surface area contributed by atoms with Crippen molar-refractivity contribution < 1.29 is 81.7 Å². The lowest BCUT2D eigenvalue weighted by atomic mass is 9.78. The van der Waals surface area contributed by atoms with Crippen molar-refractivity contribution in [1.29, 1.82) is 0 Å². The number of amides is 4. The molecule has 0 aliphatic carbocycles. The summed E-state index contributed by atoms with van der Waals surface area (Å²) in [6, 6.07) is 59.7. The van der Waals surface area contributed by atoms with Crippen LogP contribution in [-0.4, -0.2) is 114 Å². The molecule has 11 aromatic carbocycles. The lowest BCUT2D eigenvalue weighted by Crippen LogP contribution is -2.41. The molecule has 12 aromatic rings. The van der Waals surface area contributed by atoms with E-state index in [1.54, 1.807) is 60.7 Å². The van der Waals surface area contributed by atoms with Crippen LogP contribution in [0.5, 0.6) is 0 Å². The SMILES string of the molecule is CC1(C)OB(c2ccc(N)c(N)c2)OC1(C)C.CC1(C)OB(c2ccc(N)c([N+](=O)[O-])c2)OC1(C)C.CC1(C)OB(c2ccc3c(c2)NC(=O)C3)OC1(C)C.Cc1ccc(CC(=O)c2cccn(Cc3ccc(F)c(F)c3)c2=O)cc1-c1ccc2c(c1)NC(=O)C2.Cc1ccc([N+](=O)[O-])cc1-c1ccc2c(c1)NC(=O)C2.Cc1ccc([N+](=O)[O-])cc1-c1ccc2c(c1)NC(=O)C2.Cc1ccc([N+](=O)[O-])cc1I.[2H]CI. The average molecular weight is 2180 g/mol. The molecule has 1 aromatic heterocycles. The molecule has 0 bridgehead atoms. The molecule has 0 spiro atoms. The Kier molecular flexibility index (Phi) is 33.3. The minimum absolute atomic E-state index is 0.0146. The number of halogens is 4. The second-order valence-electron chi connectivity index (χ2n) is 38.2. The van der Waals surface area contributed by atoms with Crippen molar-refractivity contribution >= 4 is 175 Å². The molecule has 3 fully saturated rings. The lowest BCUT2D eigenvalue weighted by Gasteiger charge is -2.32. The van der Waals surface area contributed by atoms with Crippen LogP contribution in [0.2, 0.25) is 0 Å². The number of rotatable bonds is 15. The van der Waals surface area contributed by atoms with Gasteiger partial charge in [-0.15, -0.1) is 0 Å². The molecule has 32 nitrogen and oxygen atoms in total. The van der Waals surface area contributed by atoms with Crippen LogP contribution in [0.1, 0.15) is 150 Å². The van der Waals surface area contributed by atoms with Crippen LogP contribution < -0.4 is 60.4 Å². The maximum atomic E-state index is 13.6. The van der Waals surface area contributed by atoms with E-state index < -0.39 is 50.3 Å². The molecule has 0 unspecified atom stereocenters. The molecule has 0 saturated carbocycles. The largest absolute Gasteiger partial charge is 0.495 e. The van der Waals surface area contributed by atoms with Crippen molar-refractivity contribution in [3.05, 3.63) is 346 Å². The molecule has 7 aliphatic rings. The van der Waals surface area contributed by atoms with Gasteiger partial charge in [0.15, 0.2) is 17.4 Å². The molecule has 4 amide bonds. The number of non-ortho nitro benzene ring substituents is 3. The highest BCUT2D eigenvalue weighted by atomic mass is 127. The van der Waals surface area contributed by atoms with E-state index in [0.29, 0.717) is 53.0 Å². The normalized spacial score (nSPS) is 15.9. The highest BCUT2D eigenvalue weighted by Crippen LogP contribution is 2.43. The Hall–Kier alpha value is -13.8. The number of aromatic nitrogens is 1. The number of aryl methyl sites for hydroxylation is 4. The Morgan fingerprint density at radius 1 is 0.410 bits per heavy atom. The maximum Gasteiger partial charge on any atom is 0.495 e. The first-order valence-corrected chi connectivity index (χ1v) is 48.2. The quantitative estimate of drug-likeness (QED) is 0.00953. The van der Waals surface area contributed by atoms with Crippen molar-refractivity contribution in [2.45, 2.75) is 183 Å². The molecule has 19 rings (SSSR count). The van der Waals surface area contributed by atoms with Gasteiger partial charge < -0.3 is 71.0 Å². The summed E-state index contributed by atoms with van der Waals surface area (Å²) in [5.41, 5.74) is 35.6. The summed E-state index contributed by atoms with van der Waals surface area (Å²) >= 11 is 4.03. The number of nitro groups is 4. The summed E-state index contributed by atoms with van der Waals surface area (Å²) in [4.78, 5) is 114. The van der Waals surface area contributed by atoms with Crippen LogP contribution >= 0.6 is 45.2 Å². The van der Waals surface area contributed by atoms with Crippen molar-refractivity contribution in [2.75, 3.05) is 43.4 Å². The predicted molar refractivity (Wildman–Crippen MR) is 574 cm³/mol. The third kappa shape index (κ3) is 25.7. The first kappa shape index (κ1) is 107. The van der Waals surface area contributed by atoms with Gasteiger partial charge in [0.05, 0.1) is 102 Å². The zero-order valence-corrected chi connectivity index (χ0v) is 86.4. The summed E-state index contributed by atoms with van der Waals surface area (Å²) in [5.74, 6) is -2.32. The van der Waals surface area contributed by atoms with Crippen LogP contribution in [-0.2, 0) is 85.8 Å². The number of hydrogen-bond donors (Lipinski definition) is 7. The molecule has 746 valence electrons. The second-order valence-corrected chi connectivity index (χ2v) is 39.4. The summed E-state index contributed by atoms with van der Waals surface area (Å²) in [6.07, 6.45) is 3.15. The number of fused-ring (bicyclic) bond motifs is 4. The molecule has 39 heteroatoms. The zero-order chi connectivity index (χ0) is 106. The first-order chi connectivity index (χ1) is 68.0. The van der Waals surface area contributed by atoms with Crippen LogP contribution in [0.15, 0.2) is 223 Å². The number of alkyl halides is 1. The molecule has 0 radical (unpaired) electrons. The van der Waals surface area contributed by atoms with E-state index >= 15 is 0 Å². The highest BCUT2D eigenvalue weighted by Gasteiger charge is 2.54. The number of hydrogen-bond acceptors (Lipinski definition) is 23. The standard InChI is InChI=1S/C29H22F2N2O3.2C15H12N2O3.C14H18BNO3.C12H17BN2O4.C12H19BN2O2.C7H6INO2.CH3I/c1-17-4-5-18(11-23(17)20-7-8-21-15-28(35)32-26(21)14-20)13-27(34)22-3-2-10-33(29(22)36)16-19-6-9-24(30)25(31)12-19;2*1-9-2-5-12(17(19)20)8-13(9)10-3-4-11-7-15(18)16-14(11)6-10;1-13(2)14(3,4)19-15(18-13)10-6-5-9-7-12(17)16-11(9)8-10;1-11(2)12(3,4)19-13(18-11)8-5-6-9(14)10(7-8)15(16)17;1-11(2)12(3,4)17-13(16-11)8-5-6-9(14)10(15)7-8;1-5-2-3-6(9(10)11)4-7(5)8;1-2/h2-12,14H,13,15-16H2,1H3,(H,32,35);2*2-6,8H,7H2,1H3,(H,16,18);5-6,8H,7H2,1-4H3,(H,16,17);5-7H,14H2,1-4H3;5-7H,14-15H2,1-4H3;2-4H,1H3;1H3/i;;;;;;;1D. The van der Waals surface area contributed by atoms with Gasteiger partial charge in [-0.3, -0.25) is 69.2 Å². The number of nitro benzene ring substituents is 4. The van der Waals surface area contributed by atoms with Crippen LogP contribution in [0.4, 0.5) is 71.3 Å². The number of nitrogens with one attached hydrogen (secondary N) is 4. The second kappa shape index (κ2) is 44.6. The molecule has 3 saturated heterocycles. The fourth-order valence-electron chi connectivity index (χ4n) is 15.9. The fourth-order valence-corrected chi connectivity index (χ4v) is 16.4. The minimum atomic E-state index is -0.992. The van der Waals surface area contributed by atoms with E-state index in [4.69, 9.17) is 46.5 Å². The van der Waals surface area contributed by atoms with Gasteiger partial charge in [0, 0.05) is 82.8 Å². The van der Waals surface area contributed by atoms with Crippen LogP contribution in [0.3, 0.4) is 0 Å². The number of nitrogens with zero attached hydrogens (tertiary/aromatic N) is 5. The van der Waals surface area contributed by atoms with Gasteiger partial charge in [-0.25, -0.2) is 8.78 Å². The summed E-state index contributed by atoms with van der Waals surface area (Å²) in [6.45, 7) is 31.6. The third-order valence-corrected chi connectivity index (χ3v) is 27.6. The lowest BCUT2D eigenvalue weighted by molar-refractivity contribution is -0.385. The maximum absolute atomic E-state index is 13.6. The van der Waals surface area contributed by atoms with Crippen molar-refractivity contribution in [3.63, 3.8) is 0 Å². The number of anilines is 7. The molecular formula is C105H109B3F2I2N12O20. The Labute approximate surface area is 860 Å². The van der Waals surface area contributed by atoms with Gasteiger partial charge in [0.2, 0.25) is 23.6 Å². The molecule has 144 heavy (non-hydrogen) atoms. The molecule has 10 N–H and O–H groups in total. The van der Waals surface area contributed by atoms with E-state index in [1.807, 2.05) is 230 Å². The van der Waals surface area contributed by atoms with Crippen LogP contribution in [0, 0.1) is 83.4 Å². The first-order valence-electron chi connectivity index (χ1n) is 46.3. The number of pyridine rings is 1. The number of benzene rings is 11. The highest BCUT2D eigenvalue weighted by molar-refractivity contribution is 14.1. The number of Topliss-reactive ketones (excluding diaryl/α,β-unsaturated/α-hetero) is 1. The monoisotopic (exact) mass is 2180 g/mol. The van der Waals surface area contributed by atoms with E-state index in [2.05, 4.69) is 43.9 Å².